The molecule has 3 N–H and O–H groups in total. The van der Waals surface area contributed by atoms with E-state index < -0.39 is 5.54 Å². The smallest absolute Gasteiger partial charge is 0.248 e. The lowest BCUT2D eigenvalue weighted by atomic mass is 9.92. The van der Waals surface area contributed by atoms with Crippen molar-refractivity contribution in [2.75, 3.05) is 16.8 Å². The number of benzene rings is 2. The highest BCUT2D eigenvalue weighted by Gasteiger charge is 2.30. The van der Waals surface area contributed by atoms with Crippen molar-refractivity contribution in [3.8, 4) is 0 Å². The summed E-state index contributed by atoms with van der Waals surface area (Å²) in [5.41, 5.74) is 7.35. The van der Waals surface area contributed by atoms with Crippen LogP contribution in [0.5, 0.6) is 0 Å². The van der Waals surface area contributed by atoms with Crippen molar-refractivity contribution >= 4 is 23.2 Å². The molecule has 3 rings (SSSR count). The first-order valence-corrected chi connectivity index (χ1v) is 8.05. The molecular weight excluding hydrogens is 302 g/mol. The lowest BCUT2D eigenvalue weighted by molar-refractivity contribution is -0.121. The molecule has 1 atom stereocenters. The van der Waals surface area contributed by atoms with E-state index in [1.807, 2.05) is 42.5 Å². The lowest BCUT2D eigenvalue weighted by Gasteiger charge is -2.24. The summed E-state index contributed by atoms with van der Waals surface area (Å²) in [7, 11) is 0. The second-order valence-electron chi connectivity index (χ2n) is 6.22. The van der Waals surface area contributed by atoms with Crippen LogP contribution >= 0.6 is 0 Å². The van der Waals surface area contributed by atoms with Crippen LogP contribution in [0.4, 0.5) is 11.4 Å². The number of hydrogen-bond donors (Lipinski definition) is 2. The minimum atomic E-state index is -1.12. The maximum absolute atomic E-state index is 12.5. The first kappa shape index (κ1) is 16.2. The van der Waals surface area contributed by atoms with Crippen molar-refractivity contribution in [1.29, 1.82) is 0 Å². The Hall–Kier alpha value is -2.66. The van der Waals surface area contributed by atoms with E-state index in [4.69, 9.17) is 5.73 Å². The molecule has 1 unspecified atom stereocenters. The molecule has 2 aromatic carbocycles. The van der Waals surface area contributed by atoms with Crippen LogP contribution in [0.1, 0.15) is 25.3 Å². The summed E-state index contributed by atoms with van der Waals surface area (Å²) in [6.07, 6.45) is 1.49. The number of nitrogens with zero attached hydrogens (tertiary/aromatic N) is 1. The van der Waals surface area contributed by atoms with Crippen molar-refractivity contribution in [3.05, 3.63) is 60.2 Å². The first-order valence-electron chi connectivity index (χ1n) is 8.05. The van der Waals surface area contributed by atoms with Crippen molar-refractivity contribution in [3.63, 3.8) is 0 Å². The first-order chi connectivity index (χ1) is 11.5. The van der Waals surface area contributed by atoms with Gasteiger partial charge in [0.2, 0.25) is 11.8 Å². The molecule has 0 bridgehead atoms. The van der Waals surface area contributed by atoms with E-state index >= 15 is 0 Å². The third-order valence-electron chi connectivity index (χ3n) is 4.36. The zero-order valence-electron chi connectivity index (χ0n) is 13.7. The Balaban J connectivity index is 1.72. The van der Waals surface area contributed by atoms with E-state index in [0.29, 0.717) is 12.1 Å². The van der Waals surface area contributed by atoms with E-state index in [1.165, 1.54) is 0 Å². The van der Waals surface area contributed by atoms with Crippen LogP contribution < -0.4 is 16.0 Å². The monoisotopic (exact) mass is 323 g/mol. The highest BCUT2D eigenvalue weighted by molar-refractivity contribution is 5.99. The van der Waals surface area contributed by atoms with Crippen LogP contribution in [0.3, 0.4) is 0 Å². The molecule has 24 heavy (non-hydrogen) atoms. The van der Waals surface area contributed by atoms with E-state index in [0.717, 1.165) is 24.2 Å². The molecular formula is C19H21N3O2. The van der Waals surface area contributed by atoms with Crippen LogP contribution in [-0.2, 0) is 15.1 Å². The zero-order valence-corrected chi connectivity index (χ0v) is 13.7. The van der Waals surface area contributed by atoms with Gasteiger partial charge in [0.15, 0.2) is 0 Å². The van der Waals surface area contributed by atoms with E-state index in [-0.39, 0.29) is 11.8 Å². The molecule has 0 aromatic heterocycles. The average Bonchev–Trinajstić information content (AvgIpc) is 3.02. The second kappa shape index (κ2) is 6.45. The molecule has 1 saturated heterocycles. The molecule has 1 aliphatic heterocycles. The SMILES string of the molecule is CC(N)(C(=O)Nc1ccc(N2CCCC2=O)cc1)c1ccccc1. The number of carbonyl (C=O) groups is 2. The van der Waals surface area contributed by atoms with Crippen molar-refractivity contribution < 1.29 is 9.59 Å². The quantitative estimate of drug-likeness (QED) is 0.908. The Labute approximate surface area is 141 Å². The molecule has 2 amide bonds. The summed E-state index contributed by atoms with van der Waals surface area (Å²) in [4.78, 5) is 26.1. The largest absolute Gasteiger partial charge is 0.324 e. The molecule has 0 spiro atoms. The van der Waals surface area contributed by atoms with E-state index in [1.54, 1.807) is 24.0 Å². The fourth-order valence-corrected chi connectivity index (χ4v) is 2.82. The maximum Gasteiger partial charge on any atom is 0.248 e. The highest BCUT2D eigenvalue weighted by atomic mass is 16.2. The Morgan fingerprint density at radius 2 is 1.79 bits per heavy atom. The number of carbonyl (C=O) groups excluding carboxylic acids is 2. The molecule has 1 heterocycles. The van der Waals surface area contributed by atoms with E-state index in [9.17, 15) is 9.59 Å². The van der Waals surface area contributed by atoms with Gasteiger partial charge in [0.05, 0.1) is 0 Å². The van der Waals surface area contributed by atoms with Gasteiger partial charge in [-0.2, -0.15) is 0 Å². The predicted molar refractivity (Wildman–Crippen MR) is 94.6 cm³/mol. The van der Waals surface area contributed by atoms with Crippen LogP contribution in [-0.4, -0.2) is 18.4 Å². The van der Waals surface area contributed by atoms with Crippen molar-refractivity contribution in [2.45, 2.75) is 25.3 Å². The Morgan fingerprint density at radius 1 is 1.12 bits per heavy atom. The van der Waals surface area contributed by atoms with Gasteiger partial charge in [-0.1, -0.05) is 30.3 Å². The summed E-state index contributed by atoms with van der Waals surface area (Å²) in [5, 5.41) is 2.84. The summed E-state index contributed by atoms with van der Waals surface area (Å²) in [6, 6.07) is 16.5. The van der Waals surface area contributed by atoms with Crippen molar-refractivity contribution in [2.24, 2.45) is 5.73 Å². The lowest BCUT2D eigenvalue weighted by Crippen LogP contribution is -2.45. The van der Waals surface area contributed by atoms with Gasteiger partial charge in [-0.15, -0.1) is 0 Å². The Morgan fingerprint density at radius 3 is 2.38 bits per heavy atom. The number of nitrogens with two attached hydrogens (primary N) is 1. The van der Waals surface area contributed by atoms with Gasteiger partial charge in [-0.3, -0.25) is 9.59 Å². The third kappa shape index (κ3) is 3.16. The van der Waals surface area contributed by atoms with Gasteiger partial charge < -0.3 is 16.0 Å². The summed E-state index contributed by atoms with van der Waals surface area (Å²) in [5.74, 6) is -0.135. The van der Waals surface area contributed by atoms with Gasteiger partial charge in [0, 0.05) is 24.3 Å². The molecule has 2 aromatic rings. The summed E-state index contributed by atoms with van der Waals surface area (Å²) in [6.45, 7) is 2.44. The molecule has 0 radical (unpaired) electrons. The van der Waals surface area contributed by atoms with Crippen molar-refractivity contribution in [1.82, 2.24) is 0 Å². The van der Waals surface area contributed by atoms with Crippen LogP contribution in [0.2, 0.25) is 0 Å². The van der Waals surface area contributed by atoms with Gasteiger partial charge in [-0.25, -0.2) is 0 Å². The average molecular weight is 323 g/mol. The van der Waals surface area contributed by atoms with Crippen LogP contribution in [0, 0.1) is 0 Å². The van der Waals surface area contributed by atoms with Gasteiger partial charge in [0.1, 0.15) is 5.54 Å². The molecule has 124 valence electrons. The summed E-state index contributed by atoms with van der Waals surface area (Å²) >= 11 is 0. The normalized spacial score (nSPS) is 16.8. The molecule has 1 aliphatic rings. The molecule has 1 fully saturated rings. The predicted octanol–water partition coefficient (Wildman–Crippen LogP) is 2.63. The number of rotatable bonds is 4. The zero-order chi connectivity index (χ0) is 17.2. The number of nitrogens with one attached hydrogen (secondary N) is 1. The Kier molecular flexibility index (Phi) is 4.36. The fraction of sp³-hybridized carbons (Fsp3) is 0.263. The third-order valence-corrected chi connectivity index (χ3v) is 4.36. The minimum Gasteiger partial charge on any atom is -0.324 e. The van der Waals surface area contributed by atoms with Gasteiger partial charge >= 0.3 is 0 Å². The minimum absolute atomic E-state index is 0.144. The summed E-state index contributed by atoms with van der Waals surface area (Å²) < 4.78 is 0. The number of hydrogen-bond acceptors (Lipinski definition) is 3. The standard InChI is InChI=1S/C19H21N3O2/c1-19(20,14-6-3-2-4-7-14)18(24)21-15-9-11-16(12-10-15)22-13-5-8-17(22)23/h2-4,6-7,9-12H,5,8,13,20H2,1H3,(H,21,24). The van der Waals surface area contributed by atoms with Crippen LogP contribution in [0.25, 0.3) is 0 Å². The molecule has 5 heteroatoms. The Bertz CT molecular complexity index is 739. The van der Waals surface area contributed by atoms with Gasteiger partial charge in [-0.05, 0) is 43.2 Å². The second-order valence-corrected chi connectivity index (χ2v) is 6.22. The fourth-order valence-electron chi connectivity index (χ4n) is 2.82. The molecule has 0 saturated carbocycles. The molecule has 0 aliphatic carbocycles. The highest BCUT2D eigenvalue weighted by Crippen LogP contribution is 2.24. The number of amides is 2. The van der Waals surface area contributed by atoms with Crippen LogP contribution in [0.15, 0.2) is 54.6 Å². The van der Waals surface area contributed by atoms with E-state index in [2.05, 4.69) is 5.32 Å². The maximum atomic E-state index is 12.5. The topological polar surface area (TPSA) is 75.4 Å². The molecule has 5 nitrogen and oxygen atoms in total. The number of anilines is 2. The van der Waals surface area contributed by atoms with Gasteiger partial charge in [0.25, 0.3) is 0 Å².